The predicted molar refractivity (Wildman–Crippen MR) is 114 cm³/mol. The highest BCUT2D eigenvalue weighted by molar-refractivity contribution is 5.95. The number of hydrogen-bond donors (Lipinski definition) is 2. The molecule has 1 aliphatic heterocycles. The minimum atomic E-state index is -1.90. The predicted octanol–water partition coefficient (Wildman–Crippen LogP) is 2.26. The maximum atomic E-state index is 14.4. The second-order valence-corrected chi connectivity index (χ2v) is 9.72. The summed E-state index contributed by atoms with van der Waals surface area (Å²) in [5.74, 6) is -1.80. The molecule has 0 spiro atoms. The first-order valence-electron chi connectivity index (χ1n) is 11.4. The number of benzene rings is 1. The summed E-state index contributed by atoms with van der Waals surface area (Å²) in [5.41, 5.74) is -1.60. The van der Waals surface area contributed by atoms with Crippen molar-refractivity contribution in [2.75, 3.05) is 6.54 Å². The van der Waals surface area contributed by atoms with E-state index >= 15 is 0 Å². The van der Waals surface area contributed by atoms with Gasteiger partial charge in [-0.3, -0.25) is 9.59 Å². The summed E-state index contributed by atoms with van der Waals surface area (Å²) in [4.78, 5) is 40.3. The Morgan fingerprint density at radius 3 is 2.47 bits per heavy atom. The van der Waals surface area contributed by atoms with Gasteiger partial charge in [0.25, 0.3) is 5.91 Å². The molecule has 2 saturated carbocycles. The number of aliphatic hydroxyl groups is 1. The monoisotopic (exact) mass is 446 g/mol. The Kier molecular flexibility index (Phi) is 6.25. The van der Waals surface area contributed by atoms with Crippen LogP contribution in [0.3, 0.4) is 0 Å². The van der Waals surface area contributed by atoms with E-state index < -0.39 is 47.1 Å². The highest BCUT2D eigenvalue weighted by Crippen LogP contribution is 2.44. The molecule has 1 saturated heterocycles. The minimum absolute atomic E-state index is 0.0207. The number of aliphatic hydroxyl groups excluding tert-OH is 1. The average molecular weight is 447 g/mol. The summed E-state index contributed by atoms with van der Waals surface area (Å²) in [6.07, 6.45) is 2.82. The van der Waals surface area contributed by atoms with Crippen LogP contribution in [0.5, 0.6) is 0 Å². The first kappa shape index (κ1) is 22.7. The number of carbonyl (C=O) groups is 3. The van der Waals surface area contributed by atoms with Gasteiger partial charge in [-0.05, 0) is 36.7 Å². The molecule has 0 unspecified atom stereocenters. The van der Waals surface area contributed by atoms with Crippen molar-refractivity contribution < 1.29 is 28.6 Å². The topological polar surface area (TPSA) is 95.9 Å². The van der Waals surface area contributed by atoms with E-state index in [9.17, 15) is 23.9 Å². The quantitative estimate of drug-likeness (QED) is 0.627. The van der Waals surface area contributed by atoms with Crippen LogP contribution in [0.4, 0.5) is 4.39 Å². The Balaban J connectivity index is 1.50. The zero-order valence-corrected chi connectivity index (χ0v) is 18.4. The van der Waals surface area contributed by atoms with Gasteiger partial charge in [-0.2, -0.15) is 0 Å². The molecular formula is C24H31FN2O5. The van der Waals surface area contributed by atoms with E-state index in [1.165, 1.54) is 4.90 Å². The number of alkyl halides is 1. The summed E-state index contributed by atoms with van der Waals surface area (Å²) < 4.78 is 19.8. The summed E-state index contributed by atoms with van der Waals surface area (Å²) in [6, 6.07) is 7.32. The third-order valence-electron chi connectivity index (χ3n) is 7.12. The van der Waals surface area contributed by atoms with Crippen LogP contribution < -0.4 is 5.32 Å². The average Bonchev–Trinajstić information content (AvgIpc) is 3.19. The van der Waals surface area contributed by atoms with E-state index in [0.717, 1.165) is 31.2 Å². The molecule has 174 valence electrons. The maximum Gasteiger partial charge on any atom is 0.329 e. The lowest BCUT2D eigenvalue weighted by atomic mass is 9.79. The molecule has 3 atom stereocenters. The van der Waals surface area contributed by atoms with Crippen molar-refractivity contribution in [3.8, 4) is 0 Å². The van der Waals surface area contributed by atoms with Crippen molar-refractivity contribution >= 4 is 17.8 Å². The van der Waals surface area contributed by atoms with E-state index in [-0.39, 0.29) is 32.4 Å². The van der Waals surface area contributed by atoms with Crippen LogP contribution in [0.2, 0.25) is 0 Å². The molecule has 1 aromatic rings. The van der Waals surface area contributed by atoms with Gasteiger partial charge in [0.2, 0.25) is 5.91 Å². The zero-order chi connectivity index (χ0) is 22.9. The van der Waals surface area contributed by atoms with Gasteiger partial charge in [0, 0.05) is 13.0 Å². The van der Waals surface area contributed by atoms with Gasteiger partial charge in [-0.1, -0.05) is 50.1 Å². The number of esters is 1. The summed E-state index contributed by atoms with van der Waals surface area (Å²) >= 11 is 0. The first-order valence-corrected chi connectivity index (χ1v) is 11.4. The second-order valence-electron chi connectivity index (χ2n) is 9.72. The molecule has 0 radical (unpaired) electrons. The molecule has 3 aliphatic rings. The van der Waals surface area contributed by atoms with Gasteiger partial charge in [0.15, 0.2) is 5.67 Å². The Labute approximate surface area is 187 Å². The number of rotatable bonds is 7. The zero-order valence-electron chi connectivity index (χ0n) is 18.4. The summed E-state index contributed by atoms with van der Waals surface area (Å²) in [5, 5.41) is 12.9. The lowest BCUT2D eigenvalue weighted by Gasteiger charge is -2.37. The molecule has 32 heavy (non-hydrogen) atoms. The SMILES string of the molecule is CC1([C@H](NC(=O)C2(F)CC2)C(=O)N2C[C@H](O)C[C@H]2C(=O)OCc2ccccc2)CCCC1. The first-order chi connectivity index (χ1) is 15.2. The number of hydrogen-bond acceptors (Lipinski definition) is 5. The van der Waals surface area contributed by atoms with E-state index in [4.69, 9.17) is 4.74 Å². The lowest BCUT2D eigenvalue weighted by molar-refractivity contribution is -0.156. The standard InChI is InChI=1S/C24H31FN2O5/c1-23(9-5-6-10-23)19(26-22(31)24(25)11-12-24)20(29)27-14-17(28)13-18(27)21(30)32-15-16-7-3-2-4-8-16/h2-4,7-8,17-19,28H,5-6,9-15H2,1H3,(H,26,31)/t17-,18+,19-/m1/s1. The van der Waals surface area contributed by atoms with Crippen LogP contribution in [0.1, 0.15) is 57.4 Å². The summed E-state index contributed by atoms with van der Waals surface area (Å²) in [7, 11) is 0. The molecule has 2 amide bonds. The van der Waals surface area contributed by atoms with Gasteiger partial charge in [-0.25, -0.2) is 9.18 Å². The Bertz CT molecular complexity index is 866. The molecule has 0 bridgehead atoms. The number of nitrogens with zero attached hydrogens (tertiary/aromatic N) is 1. The Morgan fingerprint density at radius 1 is 1.19 bits per heavy atom. The third-order valence-corrected chi connectivity index (χ3v) is 7.12. The molecule has 1 heterocycles. The summed E-state index contributed by atoms with van der Waals surface area (Å²) in [6.45, 7) is 1.97. The molecule has 2 N–H and O–H groups in total. The fraction of sp³-hybridized carbons (Fsp3) is 0.625. The molecule has 8 heteroatoms. The molecular weight excluding hydrogens is 415 g/mol. The smallest absolute Gasteiger partial charge is 0.329 e. The second kappa shape index (κ2) is 8.81. The largest absolute Gasteiger partial charge is 0.459 e. The van der Waals surface area contributed by atoms with Gasteiger partial charge < -0.3 is 20.1 Å². The van der Waals surface area contributed by atoms with Gasteiger partial charge in [0.1, 0.15) is 18.7 Å². The Morgan fingerprint density at radius 2 is 1.84 bits per heavy atom. The van der Waals surface area contributed by atoms with E-state index in [2.05, 4.69) is 5.32 Å². The van der Waals surface area contributed by atoms with Crippen molar-refractivity contribution in [1.29, 1.82) is 0 Å². The van der Waals surface area contributed by atoms with Crippen LogP contribution in [0.25, 0.3) is 0 Å². The van der Waals surface area contributed by atoms with Crippen LogP contribution in [-0.4, -0.2) is 58.2 Å². The number of halogens is 1. The molecule has 2 aliphatic carbocycles. The van der Waals surface area contributed by atoms with E-state index in [1.54, 1.807) is 0 Å². The minimum Gasteiger partial charge on any atom is -0.459 e. The number of carbonyl (C=O) groups excluding carboxylic acids is 3. The van der Waals surface area contributed by atoms with Gasteiger partial charge in [-0.15, -0.1) is 0 Å². The van der Waals surface area contributed by atoms with Crippen molar-refractivity contribution in [3.05, 3.63) is 35.9 Å². The van der Waals surface area contributed by atoms with Crippen LogP contribution in [0.15, 0.2) is 30.3 Å². The van der Waals surface area contributed by atoms with Crippen molar-refractivity contribution in [2.45, 2.75) is 82.3 Å². The van der Waals surface area contributed by atoms with E-state index in [1.807, 2.05) is 37.3 Å². The van der Waals surface area contributed by atoms with Gasteiger partial charge in [0.05, 0.1) is 6.10 Å². The normalized spacial score (nSPS) is 26.4. The van der Waals surface area contributed by atoms with Crippen molar-refractivity contribution in [3.63, 3.8) is 0 Å². The molecule has 7 nitrogen and oxygen atoms in total. The third kappa shape index (κ3) is 4.65. The lowest BCUT2D eigenvalue weighted by Crippen LogP contribution is -2.59. The molecule has 3 fully saturated rings. The molecule has 0 aromatic heterocycles. The molecule has 4 rings (SSSR count). The van der Waals surface area contributed by atoms with Crippen LogP contribution in [0, 0.1) is 5.41 Å². The van der Waals surface area contributed by atoms with Crippen LogP contribution in [-0.2, 0) is 25.7 Å². The fourth-order valence-electron chi connectivity index (χ4n) is 4.87. The van der Waals surface area contributed by atoms with E-state index in [0.29, 0.717) is 0 Å². The highest BCUT2D eigenvalue weighted by atomic mass is 19.1. The number of nitrogens with one attached hydrogen (secondary N) is 1. The Hall–Kier alpha value is -2.48. The fourth-order valence-corrected chi connectivity index (χ4v) is 4.87. The number of likely N-dealkylation sites (tertiary alicyclic amines) is 1. The maximum absolute atomic E-state index is 14.4. The number of β-amino-alcohol motifs (C(OH)–C–C–N with tert-alkyl or cyclic N) is 1. The van der Waals surface area contributed by atoms with Gasteiger partial charge >= 0.3 is 5.97 Å². The molecule has 1 aromatic carbocycles. The number of amides is 2. The van der Waals surface area contributed by atoms with Crippen molar-refractivity contribution in [2.24, 2.45) is 5.41 Å². The van der Waals surface area contributed by atoms with Crippen LogP contribution >= 0.6 is 0 Å². The van der Waals surface area contributed by atoms with Crippen molar-refractivity contribution in [1.82, 2.24) is 10.2 Å². The number of ether oxygens (including phenoxy) is 1. The highest BCUT2D eigenvalue weighted by Gasteiger charge is 2.54.